The number of fused-ring (bicyclic) bond motifs is 5. The van der Waals surface area contributed by atoms with Gasteiger partial charge in [0.2, 0.25) is 5.91 Å². The van der Waals surface area contributed by atoms with Gasteiger partial charge in [0, 0.05) is 23.5 Å². The Labute approximate surface area is 161 Å². The van der Waals surface area contributed by atoms with Gasteiger partial charge in [0.05, 0.1) is 19.3 Å². The summed E-state index contributed by atoms with van der Waals surface area (Å²) >= 11 is 0. The molecule has 5 heteroatoms. The molecule has 3 aliphatic carbocycles. The Morgan fingerprint density at radius 2 is 1.93 bits per heavy atom. The molecule has 0 spiro atoms. The molecule has 2 aliphatic heterocycles. The number of piperidine rings is 1. The second-order valence-corrected chi connectivity index (χ2v) is 10.2. The molecule has 2 saturated heterocycles. The van der Waals surface area contributed by atoms with E-state index in [4.69, 9.17) is 9.47 Å². The molecule has 0 aromatic heterocycles. The van der Waals surface area contributed by atoms with Crippen LogP contribution in [0.15, 0.2) is 11.8 Å². The highest BCUT2D eigenvalue weighted by atomic mass is 16.7. The number of nitrogens with one attached hydrogen (secondary N) is 1. The van der Waals surface area contributed by atoms with Crippen molar-refractivity contribution in [1.29, 1.82) is 0 Å². The zero-order chi connectivity index (χ0) is 19.0. The Bertz CT molecular complexity index is 684. The summed E-state index contributed by atoms with van der Waals surface area (Å²) in [5.74, 6) is 1.22. The van der Waals surface area contributed by atoms with Crippen LogP contribution in [0.25, 0.3) is 0 Å². The highest BCUT2D eigenvalue weighted by molar-refractivity contribution is 5.79. The number of amides is 1. The van der Waals surface area contributed by atoms with Crippen LogP contribution in [-0.2, 0) is 14.3 Å². The van der Waals surface area contributed by atoms with Crippen LogP contribution in [-0.4, -0.2) is 36.1 Å². The van der Waals surface area contributed by atoms with Gasteiger partial charge in [0.25, 0.3) is 0 Å². The lowest BCUT2D eigenvalue weighted by Gasteiger charge is -2.59. The summed E-state index contributed by atoms with van der Waals surface area (Å²) in [6.45, 7) is 8.08. The van der Waals surface area contributed by atoms with Crippen LogP contribution < -0.4 is 5.32 Å². The summed E-state index contributed by atoms with van der Waals surface area (Å²) in [5, 5.41) is 14.5. The highest BCUT2D eigenvalue weighted by Gasteiger charge is 2.65. The van der Waals surface area contributed by atoms with Crippen LogP contribution >= 0.6 is 0 Å². The van der Waals surface area contributed by atoms with Gasteiger partial charge in [-0.3, -0.25) is 4.79 Å². The second-order valence-electron chi connectivity index (χ2n) is 10.2. The third-order valence-corrected chi connectivity index (χ3v) is 9.04. The van der Waals surface area contributed by atoms with Crippen molar-refractivity contribution in [1.82, 2.24) is 5.32 Å². The average Bonchev–Trinajstić information content (AvgIpc) is 3.19. The molecule has 1 amide bonds. The molecule has 5 nitrogen and oxygen atoms in total. The van der Waals surface area contributed by atoms with Crippen molar-refractivity contribution < 1.29 is 19.4 Å². The fraction of sp³-hybridized carbons (Fsp3) is 0.864. The zero-order valence-corrected chi connectivity index (χ0v) is 16.8. The number of aliphatic hydroxyl groups is 1. The molecular weight excluding hydrogens is 342 g/mol. The number of carbonyl (C=O) groups excluding carboxylic acids is 1. The van der Waals surface area contributed by atoms with Crippen molar-refractivity contribution in [3.8, 4) is 0 Å². The maximum atomic E-state index is 11.9. The van der Waals surface area contributed by atoms with Crippen LogP contribution in [0.4, 0.5) is 0 Å². The molecule has 5 aliphatic rings. The van der Waals surface area contributed by atoms with E-state index in [-0.39, 0.29) is 28.8 Å². The molecule has 27 heavy (non-hydrogen) atoms. The molecular formula is C22H33NO4. The van der Waals surface area contributed by atoms with Gasteiger partial charge in [0.15, 0.2) is 5.79 Å². The van der Waals surface area contributed by atoms with Gasteiger partial charge in [0.1, 0.15) is 0 Å². The van der Waals surface area contributed by atoms with Crippen LogP contribution in [0.2, 0.25) is 0 Å². The average molecular weight is 376 g/mol. The Morgan fingerprint density at radius 1 is 1.19 bits per heavy atom. The molecule has 0 aromatic carbocycles. The topological polar surface area (TPSA) is 67.8 Å². The number of ether oxygens (including phenoxy) is 2. The van der Waals surface area contributed by atoms with Crippen LogP contribution in [0, 0.1) is 34.5 Å². The smallest absolute Gasteiger partial charge is 0.224 e. The van der Waals surface area contributed by atoms with E-state index in [1.807, 2.05) is 0 Å². The van der Waals surface area contributed by atoms with E-state index in [1.165, 1.54) is 6.42 Å². The van der Waals surface area contributed by atoms with E-state index in [9.17, 15) is 9.90 Å². The number of allylic oxidation sites excluding steroid dienone is 2. The second kappa shape index (κ2) is 5.80. The SMILES string of the molecule is CC1([C@H]2CCC3C4CC=C5NC(=O)CC[C@]5(C)C4[C@@H](O)C[C@@]32C)OCCO1. The van der Waals surface area contributed by atoms with Crippen molar-refractivity contribution in [3.63, 3.8) is 0 Å². The van der Waals surface area contributed by atoms with Crippen molar-refractivity contribution in [2.45, 2.75) is 71.2 Å². The van der Waals surface area contributed by atoms with Crippen molar-refractivity contribution in [2.75, 3.05) is 13.2 Å². The minimum Gasteiger partial charge on any atom is -0.393 e. The highest BCUT2D eigenvalue weighted by Crippen LogP contribution is 2.67. The fourth-order valence-corrected chi connectivity index (χ4v) is 7.92. The van der Waals surface area contributed by atoms with Crippen LogP contribution in [0.5, 0.6) is 0 Å². The first-order chi connectivity index (χ1) is 12.8. The Morgan fingerprint density at radius 3 is 2.67 bits per heavy atom. The monoisotopic (exact) mass is 375 g/mol. The number of carbonyl (C=O) groups is 1. The largest absolute Gasteiger partial charge is 0.393 e. The molecule has 2 heterocycles. The van der Waals surface area contributed by atoms with Crippen molar-refractivity contribution >= 4 is 5.91 Å². The third-order valence-electron chi connectivity index (χ3n) is 9.04. The number of hydrogen-bond donors (Lipinski definition) is 2. The predicted octanol–water partition coefficient (Wildman–Crippen LogP) is 2.98. The standard InChI is InChI=1S/C22H33NO4/c1-20-9-8-18(25)23-17(20)7-4-13-14-5-6-16(22(3)26-10-11-27-22)21(14,2)12-15(24)19(13)20/h7,13-16,19,24H,4-6,8-12H2,1-3H3,(H,23,25)/t13?,14?,15-,16-,19?,20-,21-/m0/s1. The Hall–Kier alpha value is -0.910. The van der Waals surface area contributed by atoms with Crippen LogP contribution in [0.3, 0.4) is 0 Å². The van der Waals surface area contributed by atoms with Gasteiger partial charge in [-0.05, 0) is 62.2 Å². The van der Waals surface area contributed by atoms with Crippen LogP contribution in [0.1, 0.15) is 59.3 Å². The Kier molecular flexibility index (Phi) is 3.90. The van der Waals surface area contributed by atoms with Gasteiger partial charge in [-0.2, -0.15) is 0 Å². The molecule has 4 fully saturated rings. The third kappa shape index (κ3) is 2.37. The first-order valence-corrected chi connectivity index (χ1v) is 10.7. The van der Waals surface area contributed by atoms with Crippen molar-refractivity contribution in [3.05, 3.63) is 11.8 Å². The summed E-state index contributed by atoms with van der Waals surface area (Å²) in [5.41, 5.74) is 0.991. The van der Waals surface area contributed by atoms with Gasteiger partial charge >= 0.3 is 0 Å². The minimum atomic E-state index is -0.506. The fourth-order valence-electron chi connectivity index (χ4n) is 7.92. The van der Waals surface area contributed by atoms with E-state index in [2.05, 4.69) is 32.2 Å². The molecule has 0 aromatic rings. The quantitative estimate of drug-likeness (QED) is 0.739. The first kappa shape index (κ1) is 18.1. The normalized spacial score (nSPS) is 51.0. The lowest BCUT2D eigenvalue weighted by molar-refractivity contribution is -0.223. The molecule has 5 rings (SSSR count). The zero-order valence-electron chi connectivity index (χ0n) is 16.8. The maximum Gasteiger partial charge on any atom is 0.224 e. The van der Waals surface area contributed by atoms with E-state index < -0.39 is 5.79 Å². The van der Waals surface area contributed by atoms with E-state index in [0.717, 1.165) is 31.4 Å². The molecule has 150 valence electrons. The molecule has 7 atom stereocenters. The number of aliphatic hydroxyl groups excluding tert-OH is 1. The molecule has 0 radical (unpaired) electrons. The molecule has 0 bridgehead atoms. The van der Waals surface area contributed by atoms with E-state index >= 15 is 0 Å². The maximum absolute atomic E-state index is 11.9. The summed E-state index contributed by atoms with van der Waals surface area (Å²) in [4.78, 5) is 11.9. The van der Waals surface area contributed by atoms with E-state index in [1.54, 1.807) is 0 Å². The van der Waals surface area contributed by atoms with Crippen molar-refractivity contribution in [2.24, 2.45) is 34.5 Å². The minimum absolute atomic E-state index is 0.0410. The van der Waals surface area contributed by atoms with Gasteiger partial charge in [-0.1, -0.05) is 19.9 Å². The summed E-state index contributed by atoms with van der Waals surface area (Å²) in [7, 11) is 0. The summed E-state index contributed by atoms with van der Waals surface area (Å²) in [6.07, 6.45) is 7.38. The Balaban J connectivity index is 1.50. The van der Waals surface area contributed by atoms with Gasteiger partial charge in [-0.25, -0.2) is 0 Å². The lowest BCUT2D eigenvalue weighted by atomic mass is 9.48. The molecule has 3 unspecified atom stereocenters. The molecule has 2 N–H and O–H groups in total. The summed E-state index contributed by atoms with van der Waals surface area (Å²) in [6, 6.07) is 0. The van der Waals surface area contributed by atoms with Gasteiger partial charge < -0.3 is 19.9 Å². The summed E-state index contributed by atoms with van der Waals surface area (Å²) < 4.78 is 12.1. The molecule has 2 saturated carbocycles. The van der Waals surface area contributed by atoms with Gasteiger partial charge in [-0.15, -0.1) is 0 Å². The number of hydrogen-bond acceptors (Lipinski definition) is 4. The lowest BCUT2D eigenvalue weighted by Crippen LogP contribution is -2.59. The van der Waals surface area contributed by atoms with E-state index in [0.29, 0.717) is 37.4 Å². The predicted molar refractivity (Wildman–Crippen MR) is 100 cm³/mol. The first-order valence-electron chi connectivity index (χ1n) is 10.7. The number of rotatable bonds is 1.